The van der Waals surface area contributed by atoms with Crippen LogP contribution in [0.5, 0.6) is 0 Å². The van der Waals surface area contributed by atoms with Crippen molar-refractivity contribution in [3.05, 3.63) is 34.9 Å². The quantitative estimate of drug-likeness (QED) is 0.700. The Bertz CT molecular complexity index is 907. The molecule has 2 aliphatic heterocycles. The minimum atomic E-state index is -1.45. The van der Waals surface area contributed by atoms with Gasteiger partial charge in [0.2, 0.25) is 11.8 Å². The second kappa shape index (κ2) is 8.05. The van der Waals surface area contributed by atoms with Gasteiger partial charge >= 0.3 is 5.97 Å². The Hall–Kier alpha value is -2.21. The number of carboxylic acid groups (broad SMARTS) is 1. The topological polar surface area (TPSA) is 86.7 Å². The van der Waals surface area contributed by atoms with Crippen LogP contribution in [0.25, 0.3) is 0 Å². The van der Waals surface area contributed by atoms with Crippen LogP contribution >= 0.6 is 0 Å². The number of carboxylic acids is 1. The first kappa shape index (κ1) is 22.0. The Morgan fingerprint density at radius 2 is 1.87 bits per heavy atom. The van der Waals surface area contributed by atoms with Crippen LogP contribution in [0.3, 0.4) is 0 Å². The molecule has 6 heteroatoms. The molecular formula is C25H34N2O4. The summed E-state index contributed by atoms with van der Waals surface area (Å²) in [7, 11) is 0. The number of aryl methyl sites for hydroxylation is 2. The van der Waals surface area contributed by atoms with Crippen LogP contribution in [0.2, 0.25) is 0 Å². The number of rotatable bonds is 5. The summed E-state index contributed by atoms with van der Waals surface area (Å²) in [5, 5.41) is 13.8. The van der Waals surface area contributed by atoms with E-state index in [1.165, 1.54) is 4.90 Å². The van der Waals surface area contributed by atoms with Gasteiger partial charge in [-0.2, -0.15) is 0 Å². The fraction of sp³-hybridized carbons (Fsp3) is 0.640. The summed E-state index contributed by atoms with van der Waals surface area (Å²) in [5.41, 5.74) is 1.53. The van der Waals surface area contributed by atoms with E-state index in [2.05, 4.69) is 5.32 Å². The van der Waals surface area contributed by atoms with Crippen molar-refractivity contribution in [3.63, 3.8) is 0 Å². The molecule has 2 saturated heterocycles. The maximum atomic E-state index is 13.8. The second-order valence-corrected chi connectivity index (χ2v) is 9.81. The number of imide groups is 1. The number of amides is 2. The highest BCUT2D eigenvalue weighted by Gasteiger charge is 2.70. The fourth-order valence-corrected chi connectivity index (χ4v) is 6.21. The van der Waals surface area contributed by atoms with E-state index in [-0.39, 0.29) is 23.8 Å². The number of aliphatic carboxylic acids is 1. The highest BCUT2D eigenvalue weighted by molar-refractivity contribution is 6.09. The molecule has 3 fully saturated rings. The molecule has 6 nitrogen and oxygen atoms in total. The van der Waals surface area contributed by atoms with Crippen molar-refractivity contribution in [1.82, 2.24) is 10.2 Å². The van der Waals surface area contributed by atoms with Gasteiger partial charge in [0.15, 0.2) is 0 Å². The fourth-order valence-electron chi connectivity index (χ4n) is 6.21. The molecule has 3 aliphatic rings. The highest BCUT2D eigenvalue weighted by atomic mass is 16.4. The third-order valence-corrected chi connectivity index (χ3v) is 8.08. The lowest BCUT2D eigenvalue weighted by atomic mass is 9.71. The van der Waals surface area contributed by atoms with Crippen LogP contribution in [0.1, 0.15) is 75.1 Å². The molecule has 0 aromatic heterocycles. The van der Waals surface area contributed by atoms with Gasteiger partial charge in [-0.05, 0) is 43.7 Å². The average Bonchev–Trinajstić information content (AvgIpc) is 3.24. The minimum absolute atomic E-state index is 0.0953. The molecule has 2 amide bonds. The largest absolute Gasteiger partial charge is 0.480 e. The van der Waals surface area contributed by atoms with Crippen LogP contribution in [-0.4, -0.2) is 39.4 Å². The zero-order chi connectivity index (χ0) is 22.5. The molecule has 31 heavy (non-hydrogen) atoms. The van der Waals surface area contributed by atoms with Crippen LogP contribution in [0.15, 0.2) is 18.2 Å². The van der Waals surface area contributed by atoms with Gasteiger partial charge in [-0.3, -0.25) is 24.6 Å². The Kier molecular flexibility index (Phi) is 5.71. The number of carbonyl (C=O) groups excluding carboxylic acids is 2. The minimum Gasteiger partial charge on any atom is -0.480 e. The number of hydrogen-bond acceptors (Lipinski definition) is 4. The first-order valence-corrected chi connectivity index (χ1v) is 11.7. The van der Waals surface area contributed by atoms with Gasteiger partial charge in [0.05, 0.1) is 11.8 Å². The van der Waals surface area contributed by atoms with Crippen molar-refractivity contribution in [1.29, 1.82) is 0 Å². The molecule has 1 aliphatic carbocycles. The number of hydrogen-bond donors (Lipinski definition) is 2. The highest BCUT2D eigenvalue weighted by Crippen LogP contribution is 2.53. The average molecular weight is 427 g/mol. The van der Waals surface area contributed by atoms with E-state index in [0.29, 0.717) is 6.42 Å². The number of carbonyl (C=O) groups is 3. The van der Waals surface area contributed by atoms with Crippen molar-refractivity contribution < 1.29 is 19.5 Å². The zero-order valence-electron chi connectivity index (χ0n) is 19.0. The van der Waals surface area contributed by atoms with Crippen molar-refractivity contribution in [2.45, 2.75) is 83.8 Å². The number of likely N-dealkylation sites (tertiary alicyclic amines) is 1. The van der Waals surface area contributed by atoms with E-state index >= 15 is 0 Å². The molecule has 2 heterocycles. The Balaban J connectivity index is 1.86. The molecule has 1 aromatic carbocycles. The van der Waals surface area contributed by atoms with Crippen molar-refractivity contribution in [3.8, 4) is 0 Å². The van der Waals surface area contributed by atoms with Gasteiger partial charge < -0.3 is 5.11 Å². The summed E-state index contributed by atoms with van der Waals surface area (Å²) in [6.07, 6.45) is 5.38. The predicted octanol–water partition coefficient (Wildman–Crippen LogP) is 3.75. The summed E-state index contributed by atoms with van der Waals surface area (Å²) in [6.45, 7) is 7.79. The van der Waals surface area contributed by atoms with Gasteiger partial charge in [0.25, 0.3) is 0 Å². The normalized spacial score (nSPS) is 32.4. The lowest BCUT2D eigenvalue weighted by Gasteiger charge is -2.37. The standard InChI is InChI=1S/C25H34N2O4/c1-5-16(4)25(24(30)31)20-19(21(26-25)18-13-14(2)11-12-15(18)3)22(28)27(23(20)29)17-9-7-6-8-10-17/h11-13,16-17,19-21,26H,5-10H2,1-4H3,(H,30,31). The van der Waals surface area contributed by atoms with Gasteiger partial charge in [0, 0.05) is 12.1 Å². The summed E-state index contributed by atoms with van der Waals surface area (Å²) in [5.74, 6) is -3.36. The third kappa shape index (κ3) is 3.22. The summed E-state index contributed by atoms with van der Waals surface area (Å²) >= 11 is 0. The Morgan fingerprint density at radius 3 is 2.48 bits per heavy atom. The van der Waals surface area contributed by atoms with Crippen LogP contribution < -0.4 is 5.32 Å². The van der Waals surface area contributed by atoms with Crippen molar-refractivity contribution in [2.24, 2.45) is 17.8 Å². The van der Waals surface area contributed by atoms with Gasteiger partial charge in [-0.15, -0.1) is 0 Å². The predicted molar refractivity (Wildman–Crippen MR) is 117 cm³/mol. The Labute approximate surface area is 184 Å². The maximum Gasteiger partial charge on any atom is 0.325 e. The molecule has 1 saturated carbocycles. The zero-order valence-corrected chi connectivity index (χ0v) is 19.0. The molecule has 0 bridgehead atoms. The maximum absolute atomic E-state index is 13.8. The molecular weight excluding hydrogens is 392 g/mol. The van der Waals surface area contributed by atoms with Gasteiger partial charge in [-0.1, -0.05) is 63.3 Å². The summed E-state index contributed by atoms with van der Waals surface area (Å²) in [6, 6.07) is 5.47. The van der Waals surface area contributed by atoms with E-state index in [1.807, 2.05) is 45.9 Å². The molecule has 0 spiro atoms. The number of benzene rings is 1. The van der Waals surface area contributed by atoms with E-state index in [0.717, 1.165) is 48.8 Å². The molecule has 1 aromatic rings. The lowest BCUT2D eigenvalue weighted by Crippen LogP contribution is -2.60. The number of nitrogens with zero attached hydrogens (tertiary/aromatic N) is 1. The third-order valence-electron chi connectivity index (χ3n) is 8.08. The number of nitrogens with one attached hydrogen (secondary N) is 1. The summed E-state index contributed by atoms with van der Waals surface area (Å²) < 4.78 is 0. The molecule has 0 radical (unpaired) electrons. The van der Waals surface area contributed by atoms with Crippen LogP contribution in [0.4, 0.5) is 0 Å². The monoisotopic (exact) mass is 426 g/mol. The van der Waals surface area contributed by atoms with Crippen LogP contribution in [-0.2, 0) is 14.4 Å². The van der Waals surface area contributed by atoms with E-state index in [1.54, 1.807) is 0 Å². The summed E-state index contributed by atoms with van der Waals surface area (Å²) in [4.78, 5) is 41.8. The Morgan fingerprint density at radius 1 is 1.19 bits per heavy atom. The van der Waals surface area contributed by atoms with Crippen molar-refractivity contribution in [2.75, 3.05) is 0 Å². The first-order valence-electron chi connectivity index (χ1n) is 11.7. The second-order valence-electron chi connectivity index (χ2n) is 9.81. The SMILES string of the molecule is CCC(C)C1(C(=O)O)NC(c2cc(C)ccc2C)C2C(=O)N(C3CCCCC3)C(=O)C21. The van der Waals surface area contributed by atoms with E-state index in [9.17, 15) is 19.5 Å². The molecule has 5 unspecified atom stereocenters. The van der Waals surface area contributed by atoms with E-state index < -0.39 is 29.4 Å². The van der Waals surface area contributed by atoms with E-state index in [4.69, 9.17) is 0 Å². The van der Waals surface area contributed by atoms with Crippen LogP contribution in [0, 0.1) is 31.6 Å². The first-order chi connectivity index (χ1) is 14.7. The lowest BCUT2D eigenvalue weighted by molar-refractivity contribution is -0.155. The molecule has 168 valence electrons. The van der Waals surface area contributed by atoms with Crippen molar-refractivity contribution >= 4 is 17.8 Å². The molecule has 5 atom stereocenters. The van der Waals surface area contributed by atoms with Gasteiger partial charge in [0.1, 0.15) is 5.54 Å². The molecule has 4 rings (SSSR count). The number of fused-ring (bicyclic) bond motifs is 1. The van der Waals surface area contributed by atoms with Gasteiger partial charge in [-0.25, -0.2) is 0 Å². The molecule has 2 N–H and O–H groups in total. The smallest absolute Gasteiger partial charge is 0.325 e.